The highest BCUT2D eigenvalue weighted by molar-refractivity contribution is 5.85. The van der Waals surface area contributed by atoms with Gasteiger partial charge in [-0.3, -0.25) is 9.69 Å². The number of benzene rings is 1. The molecule has 1 aliphatic heterocycles. The number of ether oxygens (including phenoxy) is 1. The van der Waals surface area contributed by atoms with Crippen LogP contribution < -0.4 is 5.32 Å². The van der Waals surface area contributed by atoms with Crippen LogP contribution in [0.5, 0.6) is 0 Å². The normalized spacial score (nSPS) is 20.6. The number of halogens is 4. The van der Waals surface area contributed by atoms with E-state index in [4.69, 9.17) is 4.74 Å². The third kappa shape index (κ3) is 7.51. The lowest BCUT2D eigenvalue weighted by Crippen LogP contribution is -2.40. The molecule has 1 heterocycles. The number of likely N-dealkylation sites (tertiary alicyclic amines) is 1. The van der Waals surface area contributed by atoms with E-state index in [1.54, 1.807) is 0 Å². The number of nitrogens with zero attached hydrogens (tertiary/aromatic N) is 1. The fourth-order valence-corrected chi connectivity index (χ4v) is 3.12. The SMILES string of the molecule is CCOCCN1C[C@H](NC(=O)CCC(F)(F)F)[C@@H](c2ccccc2)C1.Cl. The summed E-state index contributed by atoms with van der Waals surface area (Å²) < 4.78 is 42.3. The van der Waals surface area contributed by atoms with Crippen LogP contribution in [-0.4, -0.2) is 55.9 Å². The molecule has 1 aliphatic rings. The van der Waals surface area contributed by atoms with Crippen molar-refractivity contribution in [2.24, 2.45) is 0 Å². The van der Waals surface area contributed by atoms with E-state index in [1.807, 2.05) is 37.3 Å². The number of nitrogens with one attached hydrogen (secondary N) is 1. The number of alkyl halides is 3. The van der Waals surface area contributed by atoms with E-state index in [-0.39, 0.29) is 24.4 Å². The molecule has 1 amide bonds. The average molecular weight is 395 g/mol. The van der Waals surface area contributed by atoms with E-state index in [1.165, 1.54) is 0 Å². The first-order valence-electron chi connectivity index (χ1n) is 8.60. The number of carbonyl (C=O) groups is 1. The molecule has 26 heavy (non-hydrogen) atoms. The van der Waals surface area contributed by atoms with Gasteiger partial charge in [0.05, 0.1) is 13.0 Å². The Bertz CT molecular complexity index is 543. The molecule has 1 aromatic rings. The Balaban J connectivity index is 0.00000338. The fourth-order valence-electron chi connectivity index (χ4n) is 3.12. The molecule has 0 aliphatic carbocycles. The summed E-state index contributed by atoms with van der Waals surface area (Å²) in [5, 5.41) is 2.80. The maximum absolute atomic E-state index is 12.3. The molecule has 148 valence electrons. The molecule has 1 aromatic carbocycles. The van der Waals surface area contributed by atoms with Crippen molar-refractivity contribution in [1.82, 2.24) is 10.2 Å². The van der Waals surface area contributed by atoms with Crippen LogP contribution in [-0.2, 0) is 9.53 Å². The van der Waals surface area contributed by atoms with Gasteiger partial charge in [-0.15, -0.1) is 12.4 Å². The van der Waals surface area contributed by atoms with Gasteiger partial charge < -0.3 is 10.1 Å². The average Bonchev–Trinajstić information content (AvgIpc) is 2.96. The Kier molecular flexibility index (Phi) is 9.39. The van der Waals surface area contributed by atoms with Crippen LogP contribution in [0.2, 0.25) is 0 Å². The monoisotopic (exact) mass is 394 g/mol. The van der Waals surface area contributed by atoms with Crippen molar-refractivity contribution in [2.45, 2.75) is 37.9 Å². The summed E-state index contributed by atoms with van der Waals surface area (Å²) in [7, 11) is 0. The Morgan fingerprint density at radius 2 is 1.96 bits per heavy atom. The second-order valence-electron chi connectivity index (χ2n) is 6.26. The van der Waals surface area contributed by atoms with Gasteiger partial charge in [0, 0.05) is 44.6 Å². The summed E-state index contributed by atoms with van der Waals surface area (Å²) in [6.07, 6.45) is -5.93. The van der Waals surface area contributed by atoms with Crippen molar-refractivity contribution in [3.63, 3.8) is 0 Å². The van der Waals surface area contributed by atoms with Gasteiger partial charge in [-0.1, -0.05) is 30.3 Å². The fraction of sp³-hybridized carbons (Fsp3) is 0.611. The van der Waals surface area contributed by atoms with Gasteiger partial charge in [0.2, 0.25) is 5.91 Å². The molecule has 0 spiro atoms. The molecule has 0 radical (unpaired) electrons. The number of hydrogen-bond donors (Lipinski definition) is 1. The molecule has 0 saturated carbocycles. The first-order chi connectivity index (χ1) is 11.9. The molecule has 8 heteroatoms. The van der Waals surface area contributed by atoms with Crippen molar-refractivity contribution in [2.75, 3.05) is 32.8 Å². The van der Waals surface area contributed by atoms with Crippen molar-refractivity contribution >= 4 is 18.3 Å². The van der Waals surface area contributed by atoms with Gasteiger partial charge in [-0.25, -0.2) is 0 Å². The molecule has 1 N–H and O–H groups in total. The van der Waals surface area contributed by atoms with E-state index in [0.717, 1.165) is 18.7 Å². The van der Waals surface area contributed by atoms with Crippen LogP contribution in [0, 0.1) is 0 Å². The van der Waals surface area contributed by atoms with E-state index in [2.05, 4.69) is 10.2 Å². The van der Waals surface area contributed by atoms with Gasteiger partial charge in [-0.2, -0.15) is 13.2 Å². The molecule has 0 unspecified atom stereocenters. The Hall–Kier alpha value is -1.31. The van der Waals surface area contributed by atoms with E-state index >= 15 is 0 Å². The van der Waals surface area contributed by atoms with Crippen LogP contribution in [0.4, 0.5) is 13.2 Å². The summed E-state index contributed by atoms with van der Waals surface area (Å²) in [6, 6.07) is 9.57. The quantitative estimate of drug-likeness (QED) is 0.687. The molecule has 0 bridgehead atoms. The number of rotatable bonds is 8. The van der Waals surface area contributed by atoms with Crippen molar-refractivity contribution in [3.05, 3.63) is 35.9 Å². The Morgan fingerprint density at radius 1 is 1.27 bits per heavy atom. The first kappa shape index (κ1) is 22.7. The molecule has 1 fully saturated rings. The predicted molar refractivity (Wildman–Crippen MR) is 96.6 cm³/mol. The van der Waals surface area contributed by atoms with E-state index < -0.39 is 24.9 Å². The third-order valence-electron chi connectivity index (χ3n) is 4.36. The number of hydrogen-bond acceptors (Lipinski definition) is 3. The lowest BCUT2D eigenvalue weighted by molar-refractivity contribution is -0.144. The lowest BCUT2D eigenvalue weighted by Gasteiger charge is -2.20. The minimum absolute atomic E-state index is 0. The third-order valence-corrected chi connectivity index (χ3v) is 4.36. The summed E-state index contributed by atoms with van der Waals surface area (Å²) in [6.45, 7) is 5.29. The van der Waals surface area contributed by atoms with Crippen molar-refractivity contribution < 1.29 is 22.7 Å². The highest BCUT2D eigenvalue weighted by atomic mass is 35.5. The molecular weight excluding hydrogens is 369 g/mol. The lowest BCUT2D eigenvalue weighted by atomic mass is 9.94. The maximum Gasteiger partial charge on any atom is 0.389 e. The van der Waals surface area contributed by atoms with E-state index in [9.17, 15) is 18.0 Å². The zero-order chi connectivity index (χ0) is 18.3. The maximum atomic E-state index is 12.3. The van der Waals surface area contributed by atoms with Crippen LogP contribution in [0.25, 0.3) is 0 Å². The molecular formula is C18H26ClF3N2O2. The zero-order valence-corrected chi connectivity index (χ0v) is 15.6. The topological polar surface area (TPSA) is 41.6 Å². The van der Waals surface area contributed by atoms with Crippen LogP contribution in [0.15, 0.2) is 30.3 Å². The smallest absolute Gasteiger partial charge is 0.380 e. The number of carbonyl (C=O) groups excluding carboxylic acids is 1. The van der Waals surface area contributed by atoms with Gasteiger partial charge in [0.1, 0.15) is 0 Å². The largest absolute Gasteiger partial charge is 0.389 e. The molecule has 2 atom stereocenters. The van der Waals surface area contributed by atoms with Crippen molar-refractivity contribution in [1.29, 1.82) is 0 Å². The van der Waals surface area contributed by atoms with Crippen molar-refractivity contribution in [3.8, 4) is 0 Å². The molecule has 4 nitrogen and oxygen atoms in total. The second-order valence-corrected chi connectivity index (χ2v) is 6.26. The first-order valence-corrected chi connectivity index (χ1v) is 8.60. The Morgan fingerprint density at radius 3 is 2.58 bits per heavy atom. The summed E-state index contributed by atoms with van der Waals surface area (Å²) in [4.78, 5) is 14.1. The second kappa shape index (κ2) is 10.7. The zero-order valence-electron chi connectivity index (χ0n) is 14.8. The van der Waals surface area contributed by atoms with Crippen LogP contribution in [0.1, 0.15) is 31.2 Å². The highest BCUT2D eigenvalue weighted by Gasteiger charge is 2.35. The standard InChI is InChI=1S/C18H25F3N2O2.ClH/c1-2-25-11-10-23-12-15(14-6-4-3-5-7-14)16(13-23)22-17(24)8-9-18(19,20)21;/h3-7,15-16H,2,8-13H2,1H3,(H,22,24);1H/t15-,16+;/m1./s1. The number of amides is 1. The highest BCUT2D eigenvalue weighted by Crippen LogP contribution is 2.28. The summed E-state index contributed by atoms with van der Waals surface area (Å²) in [5.41, 5.74) is 1.09. The summed E-state index contributed by atoms with van der Waals surface area (Å²) >= 11 is 0. The van der Waals surface area contributed by atoms with Gasteiger partial charge in [0.25, 0.3) is 0 Å². The minimum atomic E-state index is -4.31. The minimum Gasteiger partial charge on any atom is -0.380 e. The van der Waals surface area contributed by atoms with Crippen LogP contribution >= 0.6 is 12.4 Å². The van der Waals surface area contributed by atoms with Gasteiger partial charge in [-0.05, 0) is 12.5 Å². The van der Waals surface area contributed by atoms with E-state index in [0.29, 0.717) is 19.8 Å². The van der Waals surface area contributed by atoms with Gasteiger partial charge >= 0.3 is 6.18 Å². The van der Waals surface area contributed by atoms with Gasteiger partial charge in [0.15, 0.2) is 0 Å². The molecule has 0 aromatic heterocycles. The predicted octanol–water partition coefficient (Wildman–Crippen LogP) is 3.37. The molecule has 1 saturated heterocycles. The summed E-state index contributed by atoms with van der Waals surface area (Å²) in [5.74, 6) is -0.479. The molecule has 2 rings (SSSR count). The van der Waals surface area contributed by atoms with Crippen LogP contribution in [0.3, 0.4) is 0 Å². The Labute approximate surface area is 158 Å².